The first-order chi connectivity index (χ1) is 19.8. The molecule has 6 rings (SSSR count). The van der Waals surface area contributed by atoms with Crippen LogP contribution in [0.1, 0.15) is 116 Å². The number of esters is 1. The first-order valence-corrected chi connectivity index (χ1v) is 16.5. The highest BCUT2D eigenvalue weighted by atomic mass is 79.9. The Morgan fingerprint density at radius 2 is 1.22 bits per heavy atom. The van der Waals surface area contributed by atoms with Crippen LogP contribution in [0.25, 0.3) is 0 Å². The summed E-state index contributed by atoms with van der Waals surface area (Å²) in [5, 5.41) is 18.3. The zero-order chi connectivity index (χ0) is 32.1. The number of hydrogen-bond acceptors (Lipinski definition) is 4. The molecule has 6 atom stereocenters. The van der Waals surface area contributed by atoms with E-state index in [1.807, 2.05) is 0 Å². The summed E-state index contributed by atoms with van der Waals surface area (Å²) in [5.41, 5.74) is 1.32. The first-order valence-electron chi connectivity index (χ1n) is 14.9. The Hall–Kier alpha value is -1.84. The fourth-order valence-corrected chi connectivity index (χ4v) is 8.68. The van der Waals surface area contributed by atoms with Crippen LogP contribution in [0.15, 0.2) is 45.3 Å². The van der Waals surface area contributed by atoms with E-state index < -0.39 is 11.8 Å². The first kappa shape index (κ1) is 39.3. The van der Waals surface area contributed by atoms with Crippen molar-refractivity contribution in [2.75, 3.05) is 0 Å². The van der Waals surface area contributed by atoms with Crippen LogP contribution < -0.4 is 0 Å². The molecule has 252 valence electrons. The van der Waals surface area contributed by atoms with Crippen molar-refractivity contribution in [3.05, 3.63) is 68.1 Å². The molecule has 2 aromatic carbocycles. The minimum Gasteiger partial charge on any atom is -0.478 e. The van der Waals surface area contributed by atoms with Gasteiger partial charge in [0, 0.05) is 5.41 Å². The summed E-state index contributed by atoms with van der Waals surface area (Å²) in [4.78, 5) is 22.6. The fourth-order valence-electron chi connectivity index (χ4n) is 7.92. The topological polar surface area (TPSA) is 83.8 Å². The van der Waals surface area contributed by atoms with Gasteiger partial charge in [-0.1, -0.05) is 56.4 Å². The van der Waals surface area contributed by atoms with Crippen molar-refractivity contribution < 1.29 is 33.3 Å². The summed E-state index contributed by atoms with van der Waals surface area (Å²) in [7, 11) is 0. The number of halogens is 4. The van der Waals surface area contributed by atoms with Gasteiger partial charge in [0.1, 0.15) is 17.7 Å². The lowest BCUT2D eigenvalue weighted by atomic mass is 9.70. The SMILES string of the molecule is C.C.CC1(C)C2CCC1(C)C(O)C2.CC1(C)C2CCC1(C)C(OC(=O)c1ccc(F)c(Br)c1)C2.O=C(O)c1ccc(F)c(Br)c1. The number of carbonyl (C=O) groups excluding carboxylic acids is 1. The molecule has 6 unspecified atom stereocenters. The molecular weight excluding hydrogens is 710 g/mol. The van der Waals surface area contributed by atoms with Crippen molar-refractivity contribution in [1.82, 2.24) is 0 Å². The average Bonchev–Trinajstić information content (AvgIpc) is 3.44. The normalized spacial score (nSPS) is 30.9. The molecule has 2 N–H and O–H groups in total. The molecule has 0 amide bonds. The third kappa shape index (κ3) is 7.06. The van der Waals surface area contributed by atoms with Crippen LogP contribution in [0.3, 0.4) is 0 Å². The van der Waals surface area contributed by atoms with E-state index in [9.17, 15) is 23.5 Å². The number of hydrogen-bond donors (Lipinski definition) is 2. The highest BCUT2D eigenvalue weighted by molar-refractivity contribution is 9.10. The van der Waals surface area contributed by atoms with E-state index >= 15 is 0 Å². The molecule has 0 heterocycles. The van der Waals surface area contributed by atoms with E-state index in [4.69, 9.17) is 9.84 Å². The summed E-state index contributed by atoms with van der Waals surface area (Å²) in [5.74, 6) is -0.853. The Labute approximate surface area is 284 Å². The lowest BCUT2D eigenvalue weighted by Crippen LogP contribution is -2.38. The van der Waals surface area contributed by atoms with Crippen molar-refractivity contribution in [2.24, 2.45) is 33.5 Å². The molecule has 0 aliphatic heterocycles. The van der Waals surface area contributed by atoms with E-state index in [0.717, 1.165) is 31.2 Å². The van der Waals surface area contributed by atoms with Gasteiger partial charge < -0.3 is 14.9 Å². The molecule has 0 radical (unpaired) electrons. The zero-order valence-corrected chi connectivity index (χ0v) is 28.8. The number of aromatic carboxylic acids is 1. The number of aliphatic hydroxyl groups excluding tert-OH is 1. The Bertz CT molecular complexity index is 1400. The fraction of sp³-hybridized carbons (Fsp3) is 0.611. The van der Waals surface area contributed by atoms with Crippen molar-refractivity contribution in [3.63, 3.8) is 0 Å². The molecule has 5 nitrogen and oxygen atoms in total. The van der Waals surface area contributed by atoms with Gasteiger partial charge in [0.25, 0.3) is 0 Å². The van der Waals surface area contributed by atoms with Gasteiger partial charge in [-0.05, 0) is 135 Å². The third-order valence-corrected chi connectivity index (χ3v) is 13.2. The molecule has 4 aliphatic carbocycles. The van der Waals surface area contributed by atoms with Crippen molar-refractivity contribution in [3.8, 4) is 0 Å². The maximum Gasteiger partial charge on any atom is 0.338 e. The Kier molecular flexibility index (Phi) is 12.3. The van der Waals surface area contributed by atoms with Crippen LogP contribution in [-0.2, 0) is 4.74 Å². The molecule has 0 spiro atoms. The molecule has 0 aromatic heterocycles. The van der Waals surface area contributed by atoms with Gasteiger partial charge in [0.2, 0.25) is 0 Å². The molecule has 4 bridgehead atoms. The number of aliphatic hydroxyl groups is 1. The van der Waals surface area contributed by atoms with Gasteiger partial charge >= 0.3 is 11.9 Å². The van der Waals surface area contributed by atoms with Gasteiger partial charge in [-0.15, -0.1) is 0 Å². The Morgan fingerprint density at radius 3 is 1.56 bits per heavy atom. The number of ether oxygens (including phenoxy) is 1. The van der Waals surface area contributed by atoms with Gasteiger partial charge in [0.15, 0.2) is 0 Å². The predicted octanol–water partition coefficient (Wildman–Crippen LogP) is 10.7. The summed E-state index contributed by atoms with van der Waals surface area (Å²) < 4.78 is 32.0. The number of benzene rings is 2. The second kappa shape index (κ2) is 14.1. The Morgan fingerprint density at radius 1 is 0.778 bits per heavy atom. The maximum atomic E-state index is 13.3. The van der Waals surface area contributed by atoms with Crippen LogP contribution in [0.5, 0.6) is 0 Å². The minimum absolute atomic E-state index is 0. The van der Waals surface area contributed by atoms with Crippen LogP contribution in [0.4, 0.5) is 8.78 Å². The van der Waals surface area contributed by atoms with E-state index in [0.29, 0.717) is 16.9 Å². The number of carboxylic acids is 1. The highest BCUT2D eigenvalue weighted by Crippen LogP contribution is 2.66. The van der Waals surface area contributed by atoms with E-state index in [1.165, 1.54) is 49.6 Å². The van der Waals surface area contributed by atoms with Crippen molar-refractivity contribution >= 4 is 43.8 Å². The lowest BCUT2D eigenvalue weighted by molar-refractivity contribution is -0.0242. The summed E-state index contributed by atoms with van der Waals surface area (Å²) in [6.07, 6.45) is 6.81. The summed E-state index contributed by atoms with van der Waals surface area (Å²) in [6.45, 7) is 13.7. The highest BCUT2D eigenvalue weighted by Gasteiger charge is 2.63. The monoisotopic (exact) mass is 758 g/mol. The molecule has 9 heteroatoms. The van der Waals surface area contributed by atoms with Gasteiger partial charge in [-0.2, -0.15) is 0 Å². The molecule has 4 saturated carbocycles. The van der Waals surface area contributed by atoms with Crippen LogP contribution in [0.2, 0.25) is 0 Å². The zero-order valence-electron chi connectivity index (χ0n) is 25.6. The molecule has 2 aromatic rings. The van der Waals surface area contributed by atoms with Gasteiger partial charge in [0.05, 0.1) is 26.2 Å². The maximum absolute atomic E-state index is 13.3. The largest absolute Gasteiger partial charge is 0.478 e. The molecule has 0 saturated heterocycles. The third-order valence-electron chi connectivity index (χ3n) is 12.0. The standard InChI is InChI=1S/C17H20BrFO2.C10H18O.C7H4BrFO2.2CH4/c1-16(2)11-6-7-17(16,3)14(9-11)21-15(20)10-4-5-13(19)12(18)8-10;1-9(2)7-4-5-10(9,3)8(11)6-7;8-5-3-4(7(10)11)1-2-6(5)9;;/h4-5,8,11,14H,6-7,9H2,1-3H3;7-8,11H,4-6H2,1-3H3;1-3H,(H,10,11);2*1H4. The molecule has 4 aliphatic rings. The van der Waals surface area contributed by atoms with Crippen LogP contribution in [-0.4, -0.2) is 34.4 Å². The number of fused-ring (bicyclic) bond motifs is 4. The average molecular weight is 761 g/mol. The van der Waals surface area contributed by atoms with E-state index in [2.05, 4.69) is 73.4 Å². The minimum atomic E-state index is -1.06. The number of carboxylic acid groups (broad SMARTS) is 1. The quantitative estimate of drug-likeness (QED) is 0.305. The number of rotatable bonds is 3. The summed E-state index contributed by atoms with van der Waals surface area (Å²) >= 11 is 5.98. The molecule has 4 fully saturated rings. The Balaban J connectivity index is 0.000000251. The van der Waals surface area contributed by atoms with Crippen molar-refractivity contribution in [2.45, 2.75) is 107 Å². The van der Waals surface area contributed by atoms with Crippen LogP contribution in [0, 0.1) is 45.1 Å². The molecule has 45 heavy (non-hydrogen) atoms. The predicted molar refractivity (Wildman–Crippen MR) is 182 cm³/mol. The lowest BCUT2D eigenvalue weighted by Gasteiger charge is -2.38. The van der Waals surface area contributed by atoms with E-state index in [-0.39, 0.29) is 69.6 Å². The van der Waals surface area contributed by atoms with Crippen LogP contribution >= 0.6 is 31.9 Å². The van der Waals surface area contributed by atoms with Gasteiger partial charge in [-0.25, -0.2) is 18.4 Å². The number of carbonyl (C=O) groups is 2. The summed E-state index contributed by atoms with van der Waals surface area (Å²) in [6, 6.07) is 7.78. The molecular formula is C36H50Br2F2O5. The van der Waals surface area contributed by atoms with Gasteiger partial charge in [-0.3, -0.25) is 0 Å². The second-order valence-electron chi connectivity index (χ2n) is 14.2. The second-order valence-corrected chi connectivity index (χ2v) is 15.9. The van der Waals surface area contributed by atoms with Crippen molar-refractivity contribution in [1.29, 1.82) is 0 Å². The van der Waals surface area contributed by atoms with E-state index in [1.54, 1.807) is 0 Å². The smallest absolute Gasteiger partial charge is 0.338 e.